The molecule has 0 N–H and O–H groups in total. The summed E-state index contributed by atoms with van der Waals surface area (Å²) in [5.74, 6) is -0.0900. The number of rotatable bonds is 6. The third-order valence-corrected chi connectivity index (χ3v) is 6.81. The van der Waals surface area contributed by atoms with Gasteiger partial charge >= 0.3 is 12.6 Å². The van der Waals surface area contributed by atoms with E-state index in [1.807, 2.05) is 12.1 Å². The van der Waals surface area contributed by atoms with Crippen LogP contribution in [0.4, 0.5) is 8.78 Å². The average Bonchev–Trinajstić information content (AvgIpc) is 3.28. The van der Waals surface area contributed by atoms with Gasteiger partial charge in [0.05, 0.1) is 29.6 Å². The van der Waals surface area contributed by atoms with Gasteiger partial charge in [0, 0.05) is 24.5 Å². The molecule has 1 aliphatic rings. The molecular weight excluding hydrogens is 420 g/mol. The van der Waals surface area contributed by atoms with Crippen molar-refractivity contribution in [3.63, 3.8) is 0 Å². The van der Waals surface area contributed by atoms with Crippen molar-refractivity contribution in [3.8, 4) is 16.5 Å². The predicted octanol–water partition coefficient (Wildman–Crippen LogP) is 4.53. The Bertz CT molecular complexity index is 835. The molecule has 2 atom stereocenters. The summed E-state index contributed by atoms with van der Waals surface area (Å²) in [6.07, 6.45) is 0.821. The molecule has 3 heterocycles. The number of halogens is 2. The number of hydrogen-bond donors (Lipinski definition) is 0. The lowest BCUT2D eigenvalue weighted by molar-refractivity contribution is -0.149. The number of nitrogens with zero attached hydrogens (tertiary/aromatic N) is 3. The summed E-state index contributed by atoms with van der Waals surface area (Å²) in [5.41, 5.74) is 0.421. The topological polar surface area (TPSA) is 64.5 Å². The molecule has 2 aromatic heterocycles. The highest BCUT2D eigenvalue weighted by molar-refractivity contribution is 7.15. The Morgan fingerprint density at radius 1 is 1.31 bits per heavy atom. The summed E-state index contributed by atoms with van der Waals surface area (Å²) >= 11 is 2.31. The second-order valence-corrected chi connectivity index (χ2v) is 9.97. The van der Waals surface area contributed by atoms with Crippen molar-refractivity contribution in [2.24, 2.45) is 17.3 Å². The molecule has 0 aliphatic carbocycles. The second kappa shape index (κ2) is 9.01. The smallest absolute Gasteiger partial charge is 0.388 e. The first kappa shape index (κ1) is 22.0. The van der Waals surface area contributed by atoms with Crippen LogP contribution in [-0.4, -0.2) is 46.4 Å². The molecule has 160 valence electrons. The first-order chi connectivity index (χ1) is 13.7. The maximum Gasteiger partial charge on any atom is 0.388 e. The van der Waals surface area contributed by atoms with Crippen LogP contribution in [0.25, 0.3) is 10.6 Å². The summed E-state index contributed by atoms with van der Waals surface area (Å²) in [6.45, 7) is 5.85. The first-order valence-electron chi connectivity index (χ1n) is 9.34. The molecule has 6 nitrogen and oxygen atoms in total. The Morgan fingerprint density at radius 3 is 2.72 bits per heavy atom. The SMILES string of the molecule is COC(=O)[C@@H]1C[C@@H](C(C)(C)C)CN(Cc2ccc(-c3nsnc3OC(F)F)s2)C1. The van der Waals surface area contributed by atoms with Gasteiger partial charge in [0.15, 0.2) is 5.69 Å². The zero-order valence-electron chi connectivity index (χ0n) is 16.9. The van der Waals surface area contributed by atoms with Gasteiger partial charge in [-0.1, -0.05) is 20.8 Å². The minimum absolute atomic E-state index is 0.0827. The van der Waals surface area contributed by atoms with Crippen LogP contribution in [0.1, 0.15) is 32.1 Å². The van der Waals surface area contributed by atoms with E-state index in [-0.39, 0.29) is 23.2 Å². The van der Waals surface area contributed by atoms with E-state index in [4.69, 9.17) is 4.74 Å². The lowest BCUT2D eigenvalue weighted by atomic mass is 9.73. The molecule has 0 radical (unpaired) electrons. The maximum atomic E-state index is 12.5. The zero-order valence-corrected chi connectivity index (χ0v) is 18.5. The number of alkyl halides is 2. The lowest BCUT2D eigenvalue weighted by Gasteiger charge is -2.42. The van der Waals surface area contributed by atoms with E-state index in [0.29, 0.717) is 24.7 Å². The maximum absolute atomic E-state index is 12.5. The molecule has 2 aromatic rings. The number of methoxy groups -OCH3 is 1. The summed E-state index contributed by atoms with van der Waals surface area (Å²) in [5, 5.41) is 0. The Kier molecular flexibility index (Phi) is 6.85. The van der Waals surface area contributed by atoms with Crippen molar-refractivity contribution < 1.29 is 23.0 Å². The third kappa shape index (κ3) is 5.49. The Labute approximate surface area is 177 Å². The number of aromatic nitrogens is 2. The van der Waals surface area contributed by atoms with Crippen molar-refractivity contribution in [1.82, 2.24) is 13.6 Å². The van der Waals surface area contributed by atoms with E-state index in [9.17, 15) is 13.6 Å². The van der Waals surface area contributed by atoms with Gasteiger partial charge < -0.3 is 9.47 Å². The predicted molar refractivity (Wildman–Crippen MR) is 108 cm³/mol. The molecule has 0 spiro atoms. The molecule has 0 saturated carbocycles. The zero-order chi connectivity index (χ0) is 21.2. The Balaban J connectivity index is 1.74. The second-order valence-electron chi connectivity index (χ2n) is 8.28. The highest BCUT2D eigenvalue weighted by Gasteiger charge is 2.37. The number of esters is 1. The number of likely N-dealkylation sites (tertiary alicyclic amines) is 1. The third-order valence-electron chi connectivity index (χ3n) is 5.22. The van der Waals surface area contributed by atoms with Crippen LogP contribution in [0.3, 0.4) is 0 Å². The van der Waals surface area contributed by atoms with E-state index in [1.165, 1.54) is 18.4 Å². The van der Waals surface area contributed by atoms with Crippen molar-refractivity contribution in [2.75, 3.05) is 20.2 Å². The molecular formula is C19H25F2N3O3S2. The van der Waals surface area contributed by atoms with Crippen LogP contribution >= 0.6 is 23.1 Å². The van der Waals surface area contributed by atoms with Gasteiger partial charge in [-0.25, -0.2) is 0 Å². The number of thiophene rings is 1. The summed E-state index contributed by atoms with van der Waals surface area (Å²) < 4.78 is 42.4. The Morgan fingerprint density at radius 2 is 2.07 bits per heavy atom. The summed E-state index contributed by atoms with van der Waals surface area (Å²) in [6, 6.07) is 3.80. The summed E-state index contributed by atoms with van der Waals surface area (Å²) in [7, 11) is 1.43. The van der Waals surface area contributed by atoms with Crippen molar-refractivity contribution in [2.45, 2.75) is 40.3 Å². The van der Waals surface area contributed by atoms with E-state index < -0.39 is 6.61 Å². The van der Waals surface area contributed by atoms with Gasteiger partial charge in [-0.05, 0) is 29.9 Å². The van der Waals surface area contributed by atoms with Crippen molar-refractivity contribution in [3.05, 3.63) is 17.0 Å². The van der Waals surface area contributed by atoms with Crippen LogP contribution in [0, 0.1) is 17.3 Å². The monoisotopic (exact) mass is 445 g/mol. The standard InChI is InChI=1S/C19H25F2N3O3S2/c1-19(2,3)12-7-11(17(25)26-4)8-24(9-12)10-13-5-6-14(28-13)15-16(23-29-22-15)27-18(20)21/h5-6,11-12,18H,7-10H2,1-4H3/t11-,12-/m1/s1. The Hall–Kier alpha value is -1.65. The highest BCUT2D eigenvalue weighted by atomic mass is 32.1. The molecule has 1 fully saturated rings. The van der Waals surface area contributed by atoms with Gasteiger partial charge in [-0.15, -0.1) is 15.7 Å². The first-order valence-corrected chi connectivity index (χ1v) is 10.9. The number of carbonyl (C=O) groups is 1. The summed E-state index contributed by atoms with van der Waals surface area (Å²) in [4.78, 5) is 16.3. The largest absolute Gasteiger partial charge is 0.469 e. The molecule has 0 bridgehead atoms. The molecule has 10 heteroatoms. The van der Waals surface area contributed by atoms with Crippen LogP contribution in [0.15, 0.2) is 12.1 Å². The van der Waals surface area contributed by atoms with Crippen LogP contribution < -0.4 is 4.74 Å². The van der Waals surface area contributed by atoms with Crippen LogP contribution in [0.5, 0.6) is 5.88 Å². The van der Waals surface area contributed by atoms with E-state index in [1.54, 1.807) is 0 Å². The van der Waals surface area contributed by atoms with E-state index >= 15 is 0 Å². The fraction of sp³-hybridized carbons (Fsp3) is 0.632. The number of ether oxygens (including phenoxy) is 2. The molecule has 0 aromatic carbocycles. The minimum Gasteiger partial charge on any atom is -0.469 e. The normalized spacial score (nSPS) is 20.8. The van der Waals surface area contributed by atoms with Crippen LogP contribution in [0.2, 0.25) is 0 Å². The van der Waals surface area contributed by atoms with Crippen molar-refractivity contribution >= 4 is 29.0 Å². The highest BCUT2D eigenvalue weighted by Crippen LogP contribution is 2.38. The minimum atomic E-state index is -2.94. The average molecular weight is 446 g/mol. The van der Waals surface area contributed by atoms with E-state index in [0.717, 1.165) is 34.4 Å². The lowest BCUT2D eigenvalue weighted by Crippen LogP contribution is -2.46. The molecule has 29 heavy (non-hydrogen) atoms. The van der Waals surface area contributed by atoms with Gasteiger partial charge in [0.2, 0.25) is 0 Å². The van der Waals surface area contributed by atoms with Crippen LogP contribution in [-0.2, 0) is 16.1 Å². The molecule has 0 amide bonds. The van der Waals surface area contributed by atoms with Crippen molar-refractivity contribution in [1.29, 1.82) is 0 Å². The van der Waals surface area contributed by atoms with E-state index in [2.05, 4.69) is 39.2 Å². The molecule has 3 rings (SSSR count). The number of piperidine rings is 1. The van der Waals surface area contributed by atoms with Gasteiger partial charge in [0.1, 0.15) is 0 Å². The quantitative estimate of drug-likeness (QED) is 0.609. The van der Waals surface area contributed by atoms with Gasteiger partial charge in [0.25, 0.3) is 5.88 Å². The molecule has 1 aliphatic heterocycles. The molecule has 1 saturated heterocycles. The fourth-order valence-corrected chi connectivity index (χ4v) is 5.18. The number of carbonyl (C=O) groups excluding carboxylic acids is 1. The number of hydrogen-bond acceptors (Lipinski definition) is 8. The van der Waals surface area contributed by atoms with Gasteiger partial charge in [-0.2, -0.15) is 13.2 Å². The molecule has 0 unspecified atom stereocenters. The van der Waals surface area contributed by atoms with Gasteiger partial charge in [-0.3, -0.25) is 9.69 Å². The fourth-order valence-electron chi connectivity index (χ4n) is 3.59.